The highest BCUT2D eigenvalue weighted by Gasteiger charge is 2.15. The van der Waals surface area contributed by atoms with Crippen LogP contribution in [0, 0.1) is 0 Å². The third-order valence-electron chi connectivity index (χ3n) is 3.19. The van der Waals surface area contributed by atoms with Gasteiger partial charge in [-0.05, 0) is 23.1 Å². The Morgan fingerprint density at radius 3 is 2.09 bits per heavy atom. The normalized spacial score (nSPS) is 12.5. The van der Waals surface area contributed by atoms with Crippen molar-refractivity contribution in [2.45, 2.75) is 26.2 Å². The van der Waals surface area contributed by atoms with Crippen LogP contribution in [0.4, 0.5) is 0 Å². The minimum atomic E-state index is -3.45. The smallest absolute Gasteiger partial charge is 0.278 e. The lowest BCUT2D eigenvalue weighted by molar-refractivity contribution is 0.0954. The van der Waals surface area contributed by atoms with E-state index < -0.39 is 10.2 Å². The van der Waals surface area contributed by atoms with E-state index in [1.165, 1.54) is 14.1 Å². The summed E-state index contributed by atoms with van der Waals surface area (Å²) in [5.41, 5.74) is 1.76. The molecule has 2 N–H and O–H groups in total. The Labute approximate surface area is 133 Å². The van der Waals surface area contributed by atoms with Gasteiger partial charge in [-0.15, -0.1) is 0 Å². The summed E-state index contributed by atoms with van der Waals surface area (Å²) in [6.45, 7) is 6.70. The highest BCUT2D eigenvalue weighted by molar-refractivity contribution is 7.87. The fourth-order valence-corrected chi connectivity index (χ4v) is 2.33. The van der Waals surface area contributed by atoms with Gasteiger partial charge in [-0.3, -0.25) is 4.79 Å². The number of carbonyl (C=O) groups excluding carboxylic acids is 1. The van der Waals surface area contributed by atoms with Crippen LogP contribution in [-0.2, 0) is 15.6 Å². The average Bonchev–Trinajstić information content (AvgIpc) is 2.42. The molecule has 1 aromatic rings. The molecule has 0 atom stereocenters. The first kappa shape index (κ1) is 18.6. The van der Waals surface area contributed by atoms with Crippen LogP contribution in [0.2, 0.25) is 0 Å². The predicted molar refractivity (Wildman–Crippen MR) is 88.1 cm³/mol. The van der Waals surface area contributed by atoms with E-state index in [0.717, 1.165) is 9.87 Å². The molecule has 0 saturated carbocycles. The maximum Gasteiger partial charge on any atom is 0.278 e. The second-order valence-electron chi connectivity index (χ2n) is 6.27. The van der Waals surface area contributed by atoms with Gasteiger partial charge in [0.25, 0.3) is 16.1 Å². The summed E-state index contributed by atoms with van der Waals surface area (Å²) >= 11 is 0. The van der Waals surface area contributed by atoms with E-state index in [1.54, 1.807) is 12.1 Å². The van der Waals surface area contributed by atoms with E-state index >= 15 is 0 Å². The van der Waals surface area contributed by atoms with Crippen LogP contribution in [0.1, 0.15) is 36.7 Å². The summed E-state index contributed by atoms with van der Waals surface area (Å²) in [5.74, 6) is -0.218. The summed E-state index contributed by atoms with van der Waals surface area (Å²) in [6, 6.07) is 7.42. The largest absolute Gasteiger partial charge is 0.351 e. The van der Waals surface area contributed by atoms with Crippen molar-refractivity contribution >= 4 is 16.1 Å². The Hall–Kier alpha value is -1.44. The molecule has 7 heteroatoms. The molecular formula is C15H25N3O3S. The van der Waals surface area contributed by atoms with Crippen molar-refractivity contribution in [3.63, 3.8) is 0 Å². The van der Waals surface area contributed by atoms with Crippen molar-refractivity contribution in [2.75, 3.05) is 27.2 Å². The number of carbonyl (C=O) groups is 1. The van der Waals surface area contributed by atoms with Crippen molar-refractivity contribution in [1.82, 2.24) is 14.3 Å². The van der Waals surface area contributed by atoms with Gasteiger partial charge < -0.3 is 5.32 Å². The molecule has 0 saturated heterocycles. The topological polar surface area (TPSA) is 78.5 Å². The van der Waals surface area contributed by atoms with Crippen molar-refractivity contribution in [3.8, 4) is 0 Å². The van der Waals surface area contributed by atoms with Gasteiger partial charge in [-0.25, -0.2) is 4.72 Å². The molecule has 0 aliphatic heterocycles. The second-order valence-corrected chi connectivity index (χ2v) is 8.23. The van der Waals surface area contributed by atoms with Crippen LogP contribution in [0.25, 0.3) is 0 Å². The van der Waals surface area contributed by atoms with E-state index in [0.29, 0.717) is 5.56 Å². The Bertz CT molecular complexity index is 602. The summed E-state index contributed by atoms with van der Waals surface area (Å²) in [4.78, 5) is 12.0. The molecule has 6 nitrogen and oxygen atoms in total. The summed E-state index contributed by atoms with van der Waals surface area (Å²) in [7, 11) is -0.566. The fraction of sp³-hybridized carbons (Fsp3) is 0.533. The van der Waals surface area contributed by atoms with Crippen LogP contribution < -0.4 is 10.0 Å². The first-order valence-corrected chi connectivity index (χ1v) is 8.54. The Morgan fingerprint density at radius 2 is 1.64 bits per heavy atom. The van der Waals surface area contributed by atoms with Gasteiger partial charge in [0.2, 0.25) is 0 Å². The zero-order valence-corrected chi connectivity index (χ0v) is 14.6. The summed E-state index contributed by atoms with van der Waals surface area (Å²) in [5, 5.41) is 2.68. The molecule has 22 heavy (non-hydrogen) atoms. The van der Waals surface area contributed by atoms with Crippen LogP contribution in [0.15, 0.2) is 24.3 Å². The lowest BCUT2D eigenvalue weighted by atomic mass is 9.87. The van der Waals surface area contributed by atoms with Crippen molar-refractivity contribution in [2.24, 2.45) is 0 Å². The van der Waals surface area contributed by atoms with Gasteiger partial charge in [0.1, 0.15) is 0 Å². The third-order valence-corrected chi connectivity index (χ3v) is 4.72. The summed E-state index contributed by atoms with van der Waals surface area (Å²) in [6.07, 6.45) is 0. The highest BCUT2D eigenvalue weighted by Crippen LogP contribution is 2.22. The van der Waals surface area contributed by atoms with Crippen molar-refractivity contribution in [1.29, 1.82) is 0 Å². The lowest BCUT2D eigenvalue weighted by Gasteiger charge is -2.19. The van der Waals surface area contributed by atoms with E-state index in [-0.39, 0.29) is 24.4 Å². The fourth-order valence-electron chi connectivity index (χ4n) is 1.71. The Kier molecular flexibility index (Phi) is 6.10. The minimum Gasteiger partial charge on any atom is -0.351 e. The number of amides is 1. The molecule has 1 aromatic carbocycles. The molecule has 0 unspecified atom stereocenters. The van der Waals surface area contributed by atoms with Crippen molar-refractivity contribution in [3.05, 3.63) is 35.4 Å². The van der Waals surface area contributed by atoms with Crippen molar-refractivity contribution < 1.29 is 13.2 Å². The van der Waals surface area contributed by atoms with Gasteiger partial charge >= 0.3 is 0 Å². The molecule has 0 heterocycles. The molecule has 0 radical (unpaired) electrons. The number of benzene rings is 1. The third kappa shape index (κ3) is 5.40. The zero-order chi connectivity index (χ0) is 17.0. The SMILES string of the molecule is CN(C)S(=O)(=O)NCCNC(=O)c1ccc(C(C)(C)C)cc1. The van der Waals surface area contributed by atoms with Crippen LogP contribution in [0.5, 0.6) is 0 Å². The molecule has 0 aliphatic carbocycles. The number of hydrogen-bond acceptors (Lipinski definition) is 3. The summed E-state index contributed by atoms with van der Waals surface area (Å²) < 4.78 is 26.4. The Morgan fingerprint density at radius 1 is 1.09 bits per heavy atom. The Balaban J connectivity index is 2.50. The van der Waals surface area contributed by atoms with Gasteiger partial charge in [0.05, 0.1) is 0 Å². The molecule has 1 amide bonds. The minimum absolute atomic E-state index is 0.0411. The van der Waals surface area contributed by atoms with Gasteiger partial charge in [-0.1, -0.05) is 32.9 Å². The van der Waals surface area contributed by atoms with Crippen LogP contribution in [0.3, 0.4) is 0 Å². The first-order valence-electron chi connectivity index (χ1n) is 7.10. The quantitative estimate of drug-likeness (QED) is 0.768. The maximum absolute atomic E-state index is 12.0. The number of rotatable bonds is 6. The number of nitrogens with one attached hydrogen (secondary N) is 2. The first-order chi connectivity index (χ1) is 10.0. The van der Waals surface area contributed by atoms with E-state index in [2.05, 4.69) is 30.8 Å². The predicted octanol–water partition coefficient (Wildman–Crippen LogP) is 1.11. The molecule has 0 spiro atoms. The average molecular weight is 327 g/mol. The van der Waals surface area contributed by atoms with E-state index in [9.17, 15) is 13.2 Å². The molecule has 0 aromatic heterocycles. The molecule has 124 valence electrons. The molecule has 0 bridgehead atoms. The maximum atomic E-state index is 12.0. The lowest BCUT2D eigenvalue weighted by Crippen LogP contribution is -2.40. The molecule has 0 aliphatic rings. The molecule has 1 rings (SSSR count). The number of nitrogens with zero attached hydrogens (tertiary/aromatic N) is 1. The molecular weight excluding hydrogens is 302 g/mol. The monoisotopic (exact) mass is 327 g/mol. The van der Waals surface area contributed by atoms with E-state index in [4.69, 9.17) is 0 Å². The van der Waals surface area contributed by atoms with E-state index in [1.807, 2.05) is 12.1 Å². The van der Waals surface area contributed by atoms with Gasteiger partial charge in [-0.2, -0.15) is 12.7 Å². The van der Waals surface area contributed by atoms with Crippen LogP contribution in [-0.4, -0.2) is 45.8 Å². The van der Waals surface area contributed by atoms with Gasteiger partial charge in [0, 0.05) is 32.7 Å². The highest BCUT2D eigenvalue weighted by atomic mass is 32.2. The second kappa shape index (κ2) is 7.21. The van der Waals surface area contributed by atoms with Gasteiger partial charge in [0.15, 0.2) is 0 Å². The van der Waals surface area contributed by atoms with Crippen LogP contribution >= 0.6 is 0 Å². The molecule has 0 fully saturated rings. The zero-order valence-electron chi connectivity index (χ0n) is 13.8. The number of hydrogen-bond donors (Lipinski definition) is 2. The standard InChI is InChI=1S/C15H25N3O3S/c1-15(2,3)13-8-6-12(7-9-13)14(19)16-10-11-17-22(20,21)18(4)5/h6-9,17H,10-11H2,1-5H3,(H,16,19).